The van der Waals surface area contributed by atoms with Gasteiger partial charge in [-0.2, -0.15) is 4.98 Å². The highest BCUT2D eigenvalue weighted by Crippen LogP contribution is 2.18. The molecule has 1 heterocycles. The lowest BCUT2D eigenvalue weighted by molar-refractivity contribution is 0.173. The average Bonchev–Trinajstić information content (AvgIpc) is 2.92. The first-order chi connectivity index (χ1) is 8.79. The molecule has 0 saturated carbocycles. The van der Waals surface area contributed by atoms with Crippen molar-refractivity contribution >= 4 is 0 Å². The first-order valence-corrected chi connectivity index (χ1v) is 5.57. The van der Waals surface area contributed by atoms with Crippen LogP contribution in [0.1, 0.15) is 17.5 Å². The lowest BCUT2D eigenvalue weighted by Gasteiger charge is -2.12. The highest BCUT2D eigenvalue weighted by atomic mass is 16.5. The zero-order chi connectivity index (χ0) is 12.8. The SMILES string of the molecule is COc1cccc(C(O)CNCc2ncon2)c1. The standard InChI is InChI=1S/C12H15N3O3/c1-17-10-4-2-3-9(5-10)11(16)6-13-7-12-14-8-18-15-12/h2-5,8,11,13,16H,6-7H2,1H3. The number of hydrogen-bond donors (Lipinski definition) is 2. The fourth-order valence-corrected chi connectivity index (χ4v) is 1.56. The maximum atomic E-state index is 9.99. The van der Waals surface area contributed by atoms with Gasteiger partial charge in [0.15, 0.2) is 5.82 Å². The van der Waals surface area contributed by atoms with Crippen LogP contribution in [0.4, 0.5) is 0 Å². The van der Waals surface area contributed by atoms with Gasteiger partial charge in [-0.3, -0.25) is 0 Å². The van der Waals surface area contributed by atoms with Gasteiger partial charge in [0.1, 0.15) is 5.75 Å². The van der Waals surface area contributed by atoms with Crippen molar-refractivity contribution in [2.75, 3.05) is 13.7 Å². The molecule has 2 rings (SSSR count). The fourth-order valence-electron chi connectivity index (χ4n) is 1.56. The van der Waals surface area contributed by atoms with E-state index in [1.54, 1.807) is 13.2 Å². The van der Waals surface area contributed by atoms with Crippen molar-refractivity contribution in [1.82, 2.24) is 15.5 Å². The molecule has 0 aliphatic carbocycles. The molecule has 2 aromatic rings. The van der Waals surface area contributed by atoms with Crippen LogP contribution in [0.3, 0.4) is 0 Å². The second-order valence-corrected chi connectivity index (χ2v) is 3.77. The molecule has 0 aliphatic rings. The fraction of sp³-hybridized carbons (Fsp3) is 0.333. The van der Waals surface area contributed by atoms with Crippen molar-refractivity contribution in [3.63, 3.8) is 0 Å². The van der Waals surface area contributed by atoms with E-state index >= 15 is 0 Å². The molecule has 1 unspecified atom stereocenters. The lowest BCUT2D eigenvalue weighted by atomic mass is 10.1. The van der Waals surface area contributed by atoms with Crippen molar-refractivity contribution in [2.45, 2.75) is 12.6 Å². The molecule has 96 valence electrons. The van der Waals surface area contributed by atoms with E-state index < -0.39 is 6.10 Å². The third kappa shape index (κ3) is 3.28. The molecule has 0 fully saturated rings. The number of nitrogens with zero attached hydrogens (tertiary/aromatic N) is 2. The molecule has 18 heavy (non-hydrogen) atoms. The van der Waals surface area contributed by atoms with Gasteiger partial charge in [0, 0.05) is 6.54 Å². The van der Waals surface area contributed by atoms with Crippen LogP contribution in [0, 0.1) is 0 Å². The van der Waals surface area contributed by atoms with Crippen LogP contribution in [0.2, 0.25) is 0 Å². The van der Waals surface area contributed by atoms with Crippen molar-refractivity contribution < 1.29 is 14.4 Å². The van der Waals surface area contributed by atoms with E-state index in [1.165, 1.54) is 6.39 Å². The molecule has 6 nitrogen and oxygen atoms in total. The summed E-state index contributed by atoms with van der Waals surface area (Å²) in [6.45, 7) is 0.860. The van der Waals surface area contributed by atoms with Crippen molar-refractivity contribution in [3.05, 3.63) is 42.0 Å². The van der Waals surface area contributed by atoms with Gasteiger partial charge in [0.05, 0.1) is 19.8 Å². The van der Waals surface area contributed by atoms with Crippen LogP contribution in [0.15, 0.2) is 35.2 Å². The minimum atomic E-state index is -0.605. The first-order valence-electron chi connectivity index (χ1n) is 5.57. The average molecular weight is 249 g/mol. The molecule has 0 saturated heterocycles. The number of rotatable bonds is 6. The Hall–Kier alpha value is -1.92. The summed E-state index contributed by atoms with van der Waals surface area (Å²) in [7, 11) is 1.60. The smallest absolute Gasteiger partial charge is 0.213 e. The van der Waals surface area contributed by atoms with Gasteiger partial charge in [-0.25, -0.2) is 0 Å². The van der Waals surface area contributed by atoms with E-state index in [1.807, 2.05) is 18.2 Å². The molecule has 1 aromatic heterocycles. The van der Waals surface area contributed by atoms with Gasteiger partial charge in [0.2, 0.25) is 6.39 Å². The largest absolute Gasteiger partial charge is 0.497 e. The van der Waals surface area contributed by atoms with E-state index in [9.17, 15) is 5.11 Å². The van der Waals surface area contributed by atoms with Crippen LogP contribution in [-0.4, -0.2) is 28.9 Å². The Balaban J connectivity index is 1.85. The summed E-state index contributed by atoms with van der Waals surface area (Å²) in [6, 6.07) is 7.34. The number of nitrogens with one attached hydrogen (secondary N) is 1. The summed E-state index contributed by atoms with van der Waals surface area (Å²) in [5.74, 6) is 1.29. The molecule has 0 radical (unpaired) electrons. The van der Waals surface area contributed by atoms with Crippen molar-refractivity contribution in [3.8, 4) is 5.75 Å². The number of aromatic nitrogens is 2. The predicted octanol–water partition coefficient (Wildman–Crippen LogP) is 0.901. The van der Waals surface area contributed by atoms with Crippen molar-refractivity contribution in [2.24, 2.45) is 0 Å². The number of hydrogen-bond acceptors (Lipinski definition) is 6. The number of aliphatic hydroxyl groups excluding tert-OH is 1. The quantitative estimate of drug-likeness (QED) is 0.791. The van der Waals surface area contributed by atoms with Gasteiger partial charge in [-0.15, -0.1) is 0 Å². The summed E-state index contributed by atoms with van der Waals surface area (Å²) < 4.78 is 9.71. The second kappa shape index (κ2) is 6.13. The third-order valence-corrected chi connectivity index (χ3v) is 2.51. The van der Waals surface area contributed by atoms with E-state index in [4.69, 9.17) is 4.74 Å². The lowest BCUT2D eigenvalue weighted by Crippen LogP contribution is -2.21. The van der Waals surface area contributed by atoms with Crippen LogP contribution >= 0.6 is 0 Å². The predicted molar refractivity (Wildman–Crippen MR) is 64.0 cm³/mol. The zero-order valence-corrected chi connectivity index (χ0v) is 10.0. The van der Waals surface area contributed by atoms with Crippen molar-refractivity contribution in [1.29, 1.82) is 0 Å². The molecule has 1 atom stereocenters. The molecular weight excluding hydrogens is 234 g/mol. The molecule has 0 amide bonds. The Morgan fingerprint density at radius 2 is 2.39 bits per heavy atom. The highest BCUT2D eigenvalue weighted by Gasteiger charge is 2.08. The minimum absolute atomic E-state index is 0.404. The highest BCUT2D eigenvalue weighted by molar-refractivity contribution is 5.29. The molecule has 0 aliphatic heterocycles. The molecule has 0 bridgehead atoms. The Labute approximate surface area is 105 Å². The Morgan fingerprint density at radius 1 is 1.50 bits per heavy atom. The second-order valence-electron chi connectivity index (χ2n) is 3.77. The molecule has 0 spiro atoms. The topological polar surface area (TPSA) is 80.4 Å². The maximum Gasteiger partial charge on any atom is 0.213 e. The molecule has 1 aromatic carbocycles. The van der Waals surface area contributed by atoms with Crippen LogP contribution in [0.5, 0.6) is 5.75 Å². The van der Waals surface area contributed by atoms with Gasteiger partial charge in [0.25, 0.3) is 0 Å². The van der Waals surface area contributed by atoms with E-state index in [-0.39, 0.29) is 0 Å². The van der Waals surface area contributed by atoms with E-state index in [2.05, 4.69) is 20.0 Å². The summed E-state index contributed by atoms with van der Waals surface area (Å²) in [5, 5.41) is 16.7. The van der Waals surface area contributed by atoms with Crippen LogP contribution in [0.25, 0.3) is 0 Å². The molecule has 2 N–H and O–H groups in total. The minimum Gasteiger partial charge on any atom is -0.497 e. The van der Waals surface area contributed by atoms with Crippen LogP contribution < -0.4 is 10.1 Å². The van der Waals surface area contributed by atoms with Gasteiger partial charge < -0.3 is 19.7 Å². The molecule has 6 heteroatoms. The summed E-state index contributed by atoms with van der Waals surface area (Å²) in [5.41, 5.74) is 0.801. The number of aliphatic hydroxyl groups is 1. The Morgan fingerprint density at radius 3 is 3.11 bits per heavy atom. The third-order valence-electron chi connectivity index (χ3n) is 2.51. The Bertz CT molecular complexity index is 473. The van der Waals surface area contributed by atoms with E-state index in [0.717, 1.165) is 11.3 Å². The van der Waals surface area contributed by atoms with Gasteiger partial charge in [-0.05, 0) is 17.7 Å². The summed E-state index contributed by atoms with van der Waals surface area (Å²) in [4.78, 5) is 3.87. The maximum absolute atomic E-state index is 9.99. The first kappa shape index (κ1) is 12.5. The number of methoxy groups -OCH3 is 1. The summed E-state index contributed by atoms with van der Waals surface area (Å²) >= 11 is 0. The van der Waals surface area contributed by atoms with Gasteiger partial charge >= 0.3 is 0 Å². The normalized spacial score (nSPS) is 12.3. The number of ether oxygens (including phenoxy) is 1. The van der Waals surface area contributed by atoms with Crippen LogP contribution in [-0.2, 0) is 6.54 Å². The zero-order valence-electron chi connectivity index (χ0n) is 10.0. The van der Waals surface area contributed by atoms with E-state index in [0.29, 0.717) is 18.9 Å². The Kier molecular flexibility index (Phi) is 4.27. The number of benzene rings is 1. The van der Waals surface area contributed by atoms with Gasteiger partial charge in [-0.1, -0.05) is 17.3 Å². The summed E-state index contributed by atoms with van der Waals surface area (Å²) in [6.07, 6.45) is 0.669. The molecular formula is C12H15N3O3. The monoisotopic (exact) mass is 249 g/mol.